The number of nitrogens with zero attached hydrogens (tertiary/aromatic N) is 3. The molecule has 0 aliphatic heterocycles. The van der Waals surface area contributed by atoms with Crippen molar-refractivity contribution in [1.82, 2.24) is 26.0 Å². The number of likely N-dealkylation sites (N-methyl/N-ethyl adjacent to an activating group) is 1. The summed E-state index contributed by atoms with van der Waals surface area (Å²) in [6.45, 7) is 9.18. The number of aryl methyl sites for hydroxylation is 2. The summed E-state index contributed by atoms with van der Waals surface area (Å²) in [7, 11) is 1.60. The predicted octanol–water partition coefficient (Wildman–Crippen LogP) is 2.31. The fourth-order valence-electron chi connectivity index (χ4n) is 4.22. The first kappa shape index (κ1) is 34.9. The topological polar surface area (TPSA) is 178 Å². The van der Waals surface area contributed by atoms with Gasteiger partial charge in [0, 0.05) is 26.2 Å². The van der Waals surface area contributed by atoms with E-state index >= 15 is 0 Å². The number of allylic oxidation sites excluding steroid dienone is 1. The van der Waals surface area contributed by atoms with E-state index in [1.54, 1.807) is 20.0 Å². The molecule has 2 aromatic rings. The number of aldehydes is 1. The van der Waals surface area contributed by atoms with Crippen LogP contribution in [0, 0.1) is 31.1 Å². The van der Waals surface area contributed by atoms with Crippen LogP contribution in [-0.4, -0.2) is 70.6 Å². The lowest BCUT2D eigenvalue weighted by Crippen LogP contribution is -2.70. The van der Waals surface area contributed by atoms with E-state index in [2.05, 4.69) is 21.1 Å². The maximum atomic E-state index is 13.4. The van der Waals surface area contributed by atoms with Crippen LogP contribution in [0.3, 0.4) is 0 Å². The van der Waals surface area contributed by atoms with Crippen molar-refractivity contribution in [3.8, 4) is 6.07 Å². The first-order chi connectivity index (χ1) is 20.3. The normalized spacial score (nSPS) is 14.3. The monoisotopic (exact) mass is 594 g/mol. The standard InChI is InChI=1S/C31H42N6O6/c1-20(2)15-25(17-32)30(42)37(6)14-8-7-9-26(28(40)33-18-24-12-10-21(3)11-13-24)34-31(19-38,23(5)39)35-29(41)27-16-22(4)43-36-27/h10-13,15-16,19-20,23,26,34,39H,7-9,14,18H2,1-6H3,(H,33,40)(H,35,41)/t23-,26+,31-/m1/s1. The summed E-state index contributed by atoms with van der Waals surface area (Å²) in [6, 6.07) is 9.94. The number of hydrogen-bond donors (Lipinski definition) is 4. The molecule has 43 heavy (non-hydrogen) atoms. The Labute approximate surface area is 252 Å². The van der Waals surface area contributed by atoms with Crippen LogP contribution in [0.15, 0.2) is 46.5 Å². The van der Waals surface area contributed by atoms with Gasteiger partial charge in [0.2, 0.25) is 5.91 Å². The van der Waals surface area contributed by atoms with E-state index in [4.69, 9.17) is 4.52 Å². The van der Waals surface area contributed by atoms with Crippen molar-refractivity contribution < 1.29 is 28.8 Å². The minimum atomic E-state index is -2.02. The summed E-state index contributed by atoms with van der Waals surface area (Å²) >= 11 is 0. The number of benzene rings is 1. The molecule has 2 rings (SSSR count). The minimum Gasteiger partial charge on any atom is -0.389 e. The summed E-state index contributed by atoms with van der Waals surface area (Å²) < 4.78 is 4.94. The van der Waals surface area contributed by atoms with Gasteiger partial charge in [-0.2, -0.15) is 5.26 Å². The summed E-state index contributed by atoms with van der Waals surface area (Å²) in [4.78, 5) is 52.8. The van der Waals surface area contributed by atoms with Crippen LogP contribution in [0.5, 0.6) is 0 Å². The van der Waals surface area contributed by atoms with Crippen LogP contribution in [0.1, 0.15) is 67.4 Å². The number of carbonyl (C=O) groups excluding carboxylic acids is 4. The van der Waals surface area contributed by atoms with Gasteiger partial charge in [0.25, 0.3) is 11.8 Å². The minimum absolute atomic E-state index is 0.0399. The SMILES string of the molecule is Cc1ccc(CNC(=O)[C@H](CCCCN(C)C(=O)C(C#N)=CC(C)C)N[C@](C=O)(NC(=O)c2cc(C)on2)[C@@H](C)O)cc1. The van der Waals surface area contributed by atoms with Gasteiger partial charge in [0.15, 0.2) is 17.6 Å². The zero-order chi connectivity index (χ0) is 32.2. The van der Waals surface area contributed by atoms with E-state index in [0.717, 1.165) is 11.1 Å². The molecule has 0 aliphatic rings. The molecular formula is C31H42N6O6. The van der Waals surface area contributed by atoms with Crippen molar-refractivity contribution in [2.24, 2.45) is 5.92 Å². The van der Waals surface area contributed by atoms with E-state index in [1.165, 1.54) is 17.9 Å². The molecule has 4 N–H and O–H groups in total. The quantitative estimate of drug-likeness (QED) is 0.0746. The Morgan fingerprint density at radius 1 is 1.16 bits per heavy atom. The summed E-state index contributed by atoms with van der Waals surface area (Å²) in [5.41, 5.74) is -0.107. The van der Waals surface area contributed by atoms with Crippen molar-refractivity contribution >= 4 is 24.0 Å². The van der Waals surface area contributed by atoms with E-state index in [-0.39, 0.29) is 36.1 Å². The second-order valence-electron chi connectivity index (χ2n) is 11.0. The molecule has 12 nitrogen and oxygen atoms in total. The number of aliphatic hydroxyl groups excluding tert-OH is 1. The molecule has 0 saturated heterocycles. The maximum absolute atomic E-state index is 13.4. The largest absolute Gasteiger partial charge is 0.389 e. The molecule has 0 spiro atoms. The Morgan fingerprint density at radius 2 is 1.84 bits per heavy atom. The third-order valence-electron chi connectivity index (χ3n) is 6.78. The number of nitriles is 1. The van der Waals surface area contributed by atoms with Crippen LogP contribution >= 0.6 is 0 Å². The number of rotatable bonds is 16. The molecule has 0 fully saturated rings. The lowest BCUT2D eigenvalue weighted by molar-refractivity contribution is -0.127. The Hall–Kier alpha value is -4.34. The molecule has 1 aromatic carbocycles. The molecule has 0 saturated carbocycles. The fourth-order valence-corrected chi connectivity index (χ4v) is 4.22. The van der Waals surface area contributed by atoms with Gasteiger partial charge in [-0.05, 0) is 51.5 Å². The molecule has 0 unspecified atom stereocenters. The lowest BCUT2D eigenvalue weighted by Gasteiger charge is -2.36. The number of carbonyl (C=O) groups is 4. The highest BCUT2D eigenvalue weighted by molar-refractivity contribution is 5.97. The van der Waals surface area contributed by atoms with Gasteiger partial charge in [-0.3, -0.25) is 24.5 Å². The molecule has 0 radical (unpaired) electrons. The van der Waals surface area contributed by atoms with E-state index in [0.29, 0.717) is 31.4 Å². The average molecular weight is 595 g/mol. The molecule has 3 amide bonds. The Morgan fingerprint density at radius 3 is 2.37 bits per heavy atom. The van der Waals surface area contributed by atoms with E-state index < -0.39 is 29.6 Å². The highest BCUT2D eigenvalue weighted by Gasteiger charge is 2.41. The van der Waals surface area contributed by atoms with Gasteiger partial charge in [-0.25, -0.2) is 0 Å². The van der Waals surface area contributed by atoms with Crippen molar-refractivity contribution in [3.63, 3.8) is 0 Å². The van der Waals surface area contributed by atoms with Crippen molar-refractivity contribution in [2.45, 2.75) is 78.2 Å². The third-order valence-corrected chi connectivity index (χ3v) is 6.78. The van der Waals surface area contributed by atoms with Crippen LogP contribution in [-0.2, 0) is 20.9 Å². The summed E-state index contributed by atoms with van der Waals surface area (Å²) in [5.74, 6) is -1.20. The van der Waals surface area contributed by atoms with Gasteiger partial charge >= 0.3 is 0 Å². The van der Waals surface area contributed by atoms with Gasteiger partial charge in [-0.15, -0.1) is 0 Å². The fraction of sp³-hybridized carbons (Fsp3) is 0.484. The highest BCUT2D eigenvalue weighted by atomic mass is 16.5. The highest BCUT2D eigenvalue weighted by Crippen LogP contribution is 2.14. The second kappa shape index (κ2) is 16.3. The number of aromatic nitrogens is 1. The molecule has 12 heteroatoms. The number of aliphatic hydroxyl groups is 1. The lowest BCUT2D eigenvalue weighted by atomic mass is 10.0. The Bertz CT molecular complexity index is 1330. The van der Waals surface area contributed by atoms with Crippen LogP contribution in [0.4, 0.5) is 0 Å². The zero-order valence-electron chi connectivity index (χ0n) is 25.6. The predicted molar refractivity (Wildman–Crippen MR) is 159 cm³/mol. The molecule has 3 atom stereocenters. The Balaban J connectivity index is 2.19. The zero-order valence-corrected chi connectivity index (χ0v) is 25.6. The maximum Gasteiger partial charge on any atom is 0.275 e. The van der Waals surface area contributed by atoms with Gasteiger partial charge in [0.05, 0.1) is 12.1 Å². The van der Waals surface area contributed by atoms with Crippen LogP contribution in [0.25, 0.3) is 0 Å². The molecule has 0 aliphatic carbocycles. The number of hydrogen-bond acceptors (Lipinski definition) is 9. The van der Waals surface area contributed by atoms with Crippen molar-refractivity contribution in [3.05, 3.63) is 64.6 Å². The molecule has 1 heterocycles. The van der Waals surface area contributed by atoms with Gasteiger partial charge < -0.3 is 25.2 Å². The molecule has 1 aromatic heterocycles. The Kier molecular flexibility index (Phi) is 13.2. The van der Waals surface area contributed by atoms with E-state index in [1.807, 2.05) is 51.1 Å². The third kappa shape index (κ3) is 10.5. The van der Waals surface area contributed by atoms with Crippen LogP contribution in [0.2, 0.25) is 0 Å². The van der Waals surface area contributed by atoms with Crippen LogP contribution < -0.4 is 16.0 Å². The average Bonchev–Trinajstić information content (AvgIpc) is 3.41. The first-order valence-electron chi connectivity index (χ1n) is 14.2. The van der Waals surface area contributed by atoms with Gasteiger partial charge in [0.1, 0.15) is 17.4 Å². The number of unbranched alkanes of at least 4 members (excludes halogenated alkanes) is 1. The number of nitrogens with one attached hydrogen (secondary N) is 3. The van der Waals surface area contributed by atoms with Gasteiger partial charge in [-0.1, -0.05) is 54.9 Å². The first-order valence-corrected chi connectivity index (χ1v) is 14.2. The smallest absolute Gasteiger partial charge is 0.275 e. The molecular weight excluding hydrogens is 552 g/mol. The van der Waals surface area contributed by atoms with E-state index in [9.17, 15) is 29.5 Å². The second-order valence-corrected chi connectivity index (χ2v) is 11.0. The number of amides is 3. The van der Waals surface area contributed by atoms with Crippen molar-refractivity contribution in [1.29, 1.82) is 5.26 Å². The summed E-state index contributed by atoms with van der Waals surface area (Å²) in [6.07, 6.45) is 1.65. The summed E-state index contributed by atoms with van der Waals surface area (Å²) in [5, 5.41) is 31.8. The molecule has 232 valence electrons. The molecule has 0 bridgehead atoms. The van der Waals surface area contributed by atoms with Crippen molar-refractivity contribution in [2.75, 3.05) is 13.6 Å².